The average molecular weight is 430 g/mol. The van der Waals surface area contributed by atoms with Crippen LogP contribution in [0.3, 0.4) is 0 Å². The predicted molar refractivity (Wildman–Crippen MR) is 117 cm³/mol. The van der Waals surface area contributed by atoms with Gasteiger partial charge in [0, 0.05) is 16.7 Å². The highest BCUT2D eigenvalue weighted by Crippen LogP contribution is 2.44. The smallest absolute Gasteiger partial charge is 0.316 e. The normalized spacial score (nSPS) is 11.5. The van der Waals surface area contributed by atoms with Crippen LogP contribution >= 0.6 is 11.8 Å². The zero-order valence-corrected chi connectivity index (χ0v) is 17.8. The number of ether oxygens (including phenoxy) is 2. The van der Waals surface area contributed by atoms with Crippen LogP contribution in [0.25, 0.3) is 22.4 Å². The summed E-state index contributed by atoms with van der Waals surface area (Å²) in [5, 5.41) is 10.4. The molecule has 1 heterocycles. The number of hydrogen-bond donors (Lipinski definition) is 0. The highest BCUT2D eigenvalue weighted by atomic mass is 32.2. The number of ketones is 1. The molecule has 0 bridgehead atoms. The highest BCUT2D eigenvalue weighted by molar-refractivity contribution is 7.99. The molecule has 1 aliphatic carbocycles. The maximum absolute atomic E-state index is 13.3. The van der Waals surface area contributed by atoms with Crippen molar-refractivity contribution >= 4 is 23.5 Å². The Kier molecular flexibility index (Phi) is 5.74. The van der Waals surface area contributed by atoms with E-state index in [2.05, 4.69) is 11.1 Å². The molecule has 0 unspecified atom stereocenters. The van der Waals surface area contributed by atoms with Crippen LogP contribution in [-0.4, -0.2) is 36.2 Å². The summed E-state index contributed by atoms with van der Waals surface area (Å²) >= 11 is 1.13. The molecule has 4 rings (SSSR count). The van der Waals surface area contributed by atoms with Crippen molar-refractivity contribution in [1.29, 1.82) is 5.26 Å². The van der Waals surface area contributed by atoms with Crippen LogP contribution in [0.15, 0.2) is 53.6 Å². The van der Waals surface area contributed by atoms with Gasteiger partial charge in [0.2, 0.25) is 0 Å². The van der Waals surface area contributed by atoms with Gasteiger partial charge in [-0.25, -0.2) is 4.98 Å². The fraction of sp³-hybridized carbons (Fsp3) is 0.167. The van der Waals surface area contributed by atoms with Crippen LogP contribution in [0.4, 0.5) is 0 Å². The number of pyridine rings is 1. The molecule has 0 saturated carbocycles. The number of benzene rings is 2. The summed E-state index contributed by atoms with van der Waals surface area (Å²) in [6.07, 6.45) is 0. The minimum absolute atomic E-state index is 0.0198. The number of carbonyl (C=O) groups is 2. The van der Waals surface area contributed by atoms with E-state index in [4.69, 9.17) is 9.47 Å². The van der Waals surface area contributed by atoms with Gasteiger partial charge in [0.25, 0.3) is 0 Å². The summed E-state index contributed by atoms with van der Waals surface area (Å²) in [6.45, 7) is 2.02. The lowest BCUT2D eigenvalue weighted by molar-refractivity contribution is -0.139. The lowest BCUT2D eigenvalue weighted by Gasteiger charge is -2.14. The van der Waals surface area contributed by atoms with E-state index in [-0.39, 0.29) is 29.7 Å². The Morgan fingerprint density at radius 3 is 2.45 bits per heavy atom. The number of fused-ring (bicyclic) bond motifs is 3. The third-order valence-electron chi connectivity index (χ3n) is 4.94. The predicted octanol–water partition coefficient (Wildman–Crippen LogP) is 4.50. The van der Waals surface area contributed by atoms with Gasteiger partial charge in [-0.3, -0.25) is 9.59 Å². The van der Waals surface area contributed by atoms with Gasteiger partial charge in [0.15, 0.2) is 5.78 Å². The van der Waals surface area contributed by atoms with Crippen molar-refractivity contribution in [1.82, 2.24) is 4.98 Å². The van der Waals surface area contributed by atoms with Crippen LogP contribution < -0.4 is 4.74 Å². The zero-order valence-electron chi connectivity index (χ0n) is 17.0. The number of carbonyl (C=O) groups excluding carboxylic acids is 2. The lowest BCUT2D eigenvalue weighted by Crippen LogP contribution is -2.08. The van der Waals surface area contributed by atoms with E-state index in [0.29, 0.717) is 38.7 Å². The van der Waals surface area contributed by atoms with Crippen LogP contribution in [0.2, 0.25) is 0 Å². The second kappa shape index (κ2) is 8.62. The molecule has 7 heteroatoms. The third kappa shape index (κ3) is 3.66. The fourth-order valence-corrected chi connectivity index (χ4v) is 4.37. The molecule has 2 aromatic carbocycles. The van der Waals surface area contributed by atoms with Gasteiger partial charge in [-0.1, -0.05) is 48.2 Å². The Balaban J connectivity index is 1.94. The maximum Gasteiger partial charge on any atom is 0.316 e. The van der Waals surface area contributed by atoms with E-state index in [1.54, 1.807) is 38.3 Å². The van der Waals surface area contributed by atoms with Crippen molar-refractivity contribution in [2.45, 2.75) is 11.9 Å². The average Bonchev–Trinajstić information content (AvgIpc) is 3.09. The van der Waals surface area contributed by atoms with Gasteiger partial charge in [-0.15, -0.1) is 0 Å². The number of rotatable bonds is 6. The molecule has 154 valence electrons. The van der Waals surface area contributed by atoms with E-state index in [1.807, 2.05) is 24.3 Å². The second-order valence-electron chi connectivity index (χ2n) is 6.70. The monoisotopic (exact) mass is 430 g/mol. The molecule has 0 saturated heterocycles. The second-order valence-corrected chi connectivity index (χ2v) is 7.66. The van der Waals surface area contributed by atoms with Crippen LogP contribution in [0, 0.1) is 11.3 Å². The van der Waals surface area contributed by atoms with Crippen molar-refractivity contribution in [2.75, 3.05) is 19.5 Å². The standard InChI is InChI=1S/C24H18N2O4S/c1-3-30-19(27)13-31-24-18(12-25)20(14-8-10-15(29-2)11-9-14)21-22(26-24)16-6-4-5-7-17(16)23(21)28/h4-11H,3,13H2,1-2H3. The van der Waals surface area contributed by atoms with Crippen molar-refractivity contribution in [2.24, 2.45) is 0 Å². The molecule has 3 aromatic rings. The Hall–Kier alpha value is -3.63. The van der Waals surface area contributed by atoms with E-state index in [9.17, 15) is 14.9 Å². The first-order valence-electron chi connectivity index (χ1n) is 9.64. The van der Waals surface area contributed by atoms with E-state index in [0.717, 1.165) is 17.3 Å². The first kappa shape index (κ1) is 20.6. The minimum atomic E-state index is -0.388. The lowest BCUT2D eigenvalue weighted by atomic mass is 9.94. The summed E-state index contributed by atoms with van der Waals surface area (Å²) in [6, 6.07) is 16.6. The maximum atomic E-state index is 13.3. The van der Waals surface area contributed by atoms with Crippen molar-refractivity contribution in [3.8, 4) is 34.2 Å². The molecule has 0 N–H and O–H groups in total. The van der Waals surface area contributed by atoms with E-state index in [1.165, 1.54) is 0 Å². The molecular weight excluding hydrogens is 412 g/mol. The quantitative estimate of drug-likeness (QED) is 0.329. The van der Waals surface area contributed by atoms with Crippen molar-refractivity contribution in [3.63, 3.8) is 0 Å². The molecule has 31 heavy (non-hydrogen) atoms. The molecule has 0 atom stereocenters. The number of esters is 1. The Morgan fingerprint density at radius 1 is 1.10 bits per heavy atom. The number of hydrogen-bond acceptors (Lipinski definition) is 7. The summed E-state index contributed by atoms with van der Waals surface area (Å²) in [5.74, 6) is 0.134. The van der Waals surface area contributed by atoms with Gasteiger partial charge < -0.3 is 9.47 Å². The third-order valence-corrected chi connectivity index (χ3v) is 5.89. The zero-order chi connectivity index (χ0) is 22.0. The van der Waals surface area contributed by atoms with Gasteiger partial charge in [-0.2, -0.15) is 5.26 Å². The molecule has 0 aliphatic heterocycles. The summed E-state index contributed by atoms with van der Waals surface area (Å²) in [7, 11) is 1.57. The summed E-state index contributed by atoms with van der Waals surface area (Å²) in [4.78, 5) is 29.8. The molecule has 0 amide bonds. The molecule has 0 fully saturated rings. The fourth-order valence-electron chi connectivity index (χ4n) is 3.59. The summed E-state index contributed by atoms with van der Waals surface area (Å²) in [5.41, 5.74) is 3.69. The van der Waals surface area contributed by atoms with Gasteiger partial charge in [0.1, 0.15) is 16.8 Å². The van der Waals surface area contributed by atoms with Crippen molar-refractivity contribution in [3.05, 3.63) is 65.2 Å². The number of methoxy groups -OCH3 is 1. The molecule has 1 aromatic heterocycles. The SMILES string of the molecule is CCOC(=O)CSc1nc2c(c(-c3ccc(OC)cc3)c1C#N)C(=O)c1ccccc1-2. The number of nitrogens with zero attached hydrogens (tertiary/aromatic N) is 2. The molecule has 0 radical (unpaired) electrons. The molecular formula is C24H18N2O4S. The molecule has 6 nitrogen and oxygen atoms in total. The largest absolute Gasteiger partial charge is 0.497 e. The van der Waals surface area contributed by atoms with E-state index >= 15 is 0 Å². The Bertz CT molecular complexity index is 1230. The Morgan fingerprint density at radius 2 is 1.81 bits per heavy atom. The number of aromatic nitrogens is 1. The molecule has 0 spiro atoms. The van der Waals surface area contributed by atoms with Crippen LogP contribution in [-0.2, 0) is 9.53 Å². The van der Waals surface area contributed by atoms with Gasteiger partial charge in [0.05, 0.1) is 36.3 Å². The minimum Gasteiger partial charge on any atom is -0.497 e. The van der Waals surface area contributed by atoms with Gasteiger partial charge >= 0.3 is 5.97 Å². The number of nitriles is 1. The Labute approximate surface area is 183 Å². The summed E-state index contributed by atoms with van der Waals surface area (Å²) < 4.78 is 10.2. The van der Waals surface area contributed by atoms with Crippen LogP contribution in [0.1, 0.15) is 28.4 Å². The first-order valence-corrected chi connectivity index (χ1v) is 10.6. The highest BCUT2D eigenvalue weighted by Gasteiger charge is 2.34. The van der Waals surface area contributed by atoms with Crippen LogP contribution in [0.5, 0.6) is 5.75 Å². The van der Waals surface area contributed by atoms with Crippen molar-refractivity contribution < 1.29 is 19.1 Å². The molecule has 1 aliphatic rings. The topological polar surface area (TPSA) is 89.3 Å². The van der Waals surface area contributed by atoms with Gasteiger partial charge in [-0.05, 0) is 24.6 Å². The first-order chi connectivity index (χ1) is 15.1. The van der Waals surface area contributed by atoms with E-state index < -0.39 is 0 Å². The number of thioether (sulfide) groups is 1.